The van der Waals surface area contributed by atoms with Crippen molar-refractivity contribution in [2.45, 2.75) is 20.0 Å². The highest BCUT2D eigenvalue weighted by Crippen LogP contribution is 2.40. The van der Waals surface area contributed by atoms with Crippen molar-refractivity contribution in [2.75, 3.05) is 153 Å². The third kappa shape index (κ3) is 19.9. The van der Waals surface area contributed by atoms with E-state index in [4.69, 9.17) is 81.0 Å². The van der Waals surface area contributed by atoms with Crippen LogP contribution < -0.4 is 18.9 Å². The number of benzene rings is 4. The summed E-state index contributed by atoms with van der Waals surface area (Å²) in [4.78, 5) is 44.6. The highest BCUT2D eigenvalue weighted by Gasteiger charge is 2.32. The molecular weight excluding hydrogens is 1190 g/mol. The van der Waals surface area contributed by atoms with E-state index in [0.717, 1.165) is 72.3 Å². The van der Waals surface area contributed by atoms with Gasteiger partial charge in [-0.3, -0.25) is 0 Å². The highest BCUT2D eigenvalue weighted by atomic mass is 16.6. The molecule has 2 aliphatic rings. The zero-order chi connectivity index (χ0) is 64.8. The SMILES string of the molecule is CCOC(=O)C(Oc1ccc(-c2c3nc(c(-c4ccc(OCCOCCOCCOC)cc4)c4ccc([nH]4)c(-c4ccc(OCCOCCOCCOC)cc4)c4nc(c(-c5ccc(OCCOCCOCCOC)cc5)c5ccc2[nH]5)C=C4)C=C3)cc1)C(=O)OCC. The minimum Gasteiger partial charge on any atom is -0.491 e. The molecule has 0 amide bonds. The number of rotatable bonds is 40. The standard InChI is InChI=1S/C72H82N4O17/c1-6-88-71(77)70(72(78)89-7-2)93-57-22-14-53(15-23-57)69-64-30-28-62(75-64)67(51-10-18-55(19-11-51)91-48-45-86-42-39-83-36-33-80-4)60-26-24-58(73-60)66(50-8-16-54(17-9-50)90-47-44-85-41-38-82-35-32-79-3)59-25-27-61(74-59)68(63-29-31-65(69)76-63)52-12-20-56(21-13-52)92-49-46-87-43-40-84-37-34-81-5/h8-31,70,73,76H,6-7,32-49H2,1-5H3. The Balaban J connectivity index is 1.15. The summed E-state index contributed by atoms with van der Waals surface area (Å²) in [6.45, 7) is 11.5. The molecule has 0 atom stereocenters. The monoisotopic (exact) mass is 1270 g/mol. The summed E-state index contributed by atoms with van der Waals surface area (Å²) in [5, 5.41) is 0. The highest BCUT2D eigenvalue weighted by molar-refractivity contribution is 6.01. The van der Waals surface area contributed by atoms with E-state index in [9.17, 15) is 9.59 Å². The third-order valence-electron chi connectivity index (χ3n) is 14.5. The average molecular weight is 1280 g/mol. The lowest BCUT2D eigenvalue weighted by molar-refractivity contribution is -0.166. The number of carbonyl (C=O) groups excluding carboxylic acids is 2. The number of aromatic amines is 2. The first-order chi connectivity index (χ1) is 45.8. The predicted octanol–water partition coefficient (Wildman–Crippen LogP) is 11.4. The fourth-order valence-corrected chi connectivity index (χ4v) is 10.1. The summed E-state index contributed by atoms with van der Waals surface area (Å²) in [6.07, 6.45) is 6.46. The lowest BCUT2D eigenvalue weighted by Crippen LogP contribution is -2.38. The molecule has 3 aromatic heterocycles. The van der Waals surface area contributed by atoms with Gasteiger partial charge in [0.1, 0.15) is 42.8 Å². The first kappa shape index (κ1) is 68.6. The number of hydrogen-bond acceptors (Lipinski definition) is 19. The van der Waals surface area contributed by atoms with Crippen molar-refractivity contribution in [1.29, 1.82) is 0 Å². The maximum Gasteiger partial charge on any atom is 0.359 e. The topological polar surface area (TPSA) is 230 Å². The van der Waals surface area contributed by atoms with Crippen molar-refractivity contribution >= 4 is 58.3 Å². The van der Waals surface area contributed by atoms with Crippen molar-refractivity contribution in [3.05, 3.63) is 144 Å². The number of carbonyl (C=O) groups is 2. The van der Waals surface area contributed by atoms with Gasteiger partial charge >= 0.3 is 11.9 Å². The zero-order valence-corrected chi connectivity index (χ0v) is 53.4. The number of esters is 2. The maximum absolute atomic E-state index is 13.0. The van der Waals surface area contributed by atoms with Gasteiger partial charge in [-0.2, -0.15) is 0 Å². The Labute approximate surface area is 541 Å². The van der Waals surface area contributed by atoms with Crippen molar-refractivity contribution in [2.24, 2.45) is 0 Å². The molecule has 7 aromatic rings. The molecule has 0 radical (unpaired) electrons. The van der Waals surface area contributed by atoms with E-state index in [2.05, 4.69) is 22.1 Å². The summed E-state index contributed by atoms with van der Waals surface area (Å²) >= 11 is 0. The minimum absolute atomic E-state index is 0.0526. The smallest absolute Gasteiger partial charge is 0.359 e. The van der Waals surface area contributed by atoms with E-state index in [1.54, 1.807) is 47.3 Å². The van der Waals surface area contributed by atoms with Gasteiger partial charge in [0.05, 0.1) is 135 Å². The van der Waals surface area contributed by atoms with Gasteiger partial charge in [0, 0.05) is 65.7 Å². The zero-order valence-electron chi connectivity index (χ0n) is 53.4. The average Bonchev–Trinajstić information content (AvgIpc) is 1.68. The number of ether oxygens (including phenoxy) is 15. The normalized spacial score (nSPS) is 11.8. The summed E-state index contributed by atoms with van der Waals surface area (Å²) in [7, 11) is 4.92. The summed E-state index contributed by atoms with van der Waals surface area (Å²) in [5.41, 5.74) is 12.5. The molecule has 21 nitrogen and oxygen atoms in total. The summed E-state index contributed by atoms with van der Waals surface area (Å²) in [5.74, 6) is 0.576. The van der Waals surface area contributed by atoms with Crippen molar-refractivity contribution in [1.82, 2.24) is 19.9 Å². The number of H-pyrrole nitrogens is 2. The van der Waals surface area contributed by atoms with Crippen LogP contribution in [-0.2, 0) is 61.7 Å². The number of nitrogens with one attached hydrogen (secondary N) is 2. The molecule has 9 rings (SSSR count). The van der Waals surface area contributed by atoms with Crippen molar-refractivity contribution in [3.63, 3.8) is 0 Å². The minimum atomic E-state index is -1.63. The Morgan fingerprint density at radius 2 is 0.581 bits per heavy atom. The van der Waals surface area contributed by atoms with Crippen LogP contribution >= 0.6 is 0 Å². The van der Waals surface area contributed by atoms with Gasteiger partial charge in [0.2, 0.25) is 0 Å². The van der Waals surface area contributed by atoms with Crippen LogP contribution in [0, 0.1) is 0 Å². The number of hydrogen-bond donors (Lipinski definition) is 2. The number of fused-ring (bicyclic) bond motifs is 8. The van der Waals surface area contributed by atoms with Gasteiger partial charge in [-0.05, 0) is 133 Å². The second-order valence-corrected chi connectivity index (χ2v) is 20.8. The van der Waals surface area contributed by atoms with E-state index >= 15 is 0 Å². The number of aromatic nitrogens is 4. The Kier molecular flexibility index (Phi) is 27.4. The first-order valence-corrected chi connectivity index (χ1v) is 31.2. The fraction of sp³-hybridized carbons (Fsp3) is 0.361. The van der Waals surface area contributed by atoms with Crippen LogP contribution in [0.15, 0.2) is 121 Å². The summed E-state index contributed by atoms with van der Waals surface area (Å²) in [6, 6.07) is 39.1. The third-order valence-corrected chi connectivity index (χ3v) is 14.5. The fourth-order valence-electron chi connectivity index (χ4n) is 10.1. The van der Waals surface area contributed by atoms with Crippen LogP contribution in [0.4, 0.5) is 0 Å². The molecule has 2 aliphatic heterocycles. The van der Waals surface area contributed by atoms with Gasteiger partial charge in [-0.25, -0.2) is 19.6 Å². The molecular formula is C72H82N4O17. The second kappa shape index (κ2) is 37.1. The Bertz CT molecular complexity index is 3620. The van der Waals surface area contributed by atoms with Gasteiger partial charge in [-0.15, -0.1) is 0 Å². The maximum atomic E-state index is 13.0. The lowest BCUT2D eigenvalue weighted by Gasteiger charge is -2.16. The molecule has 2 N–H and O–H groups in total. The van der Waals surface area contributed by atoms with Crippen LogP contribution in [-0.4, -0.2) is 191 Å². The van der Waals surface area contributed by atoms with Crippen LogP contribution in [0.1, 0.15) is 36.6 Å². The van der Waals surface area contributed by atoms with E-state index in [1.165, 1.54) is 0 Å². The summed E-state index contributed by atoms with van der Waals surface area (Å²) < 4.78 is 83.8. The lowest BCUT2D eigenvalue weighted by atomic mass is 10.0. The molecule has 0 saturated carbocycles. The van der Waals surface area contributed by atoms with Crippen LogP contribution in [0.5, 0.6) is 23.0 Å². The van der Waals surface area contributed by atoms with Gasteiger partial charge in [-0.1, -0.05) is 48.5 Å². The largest absolute Gasteiger partial charge is 0.491 e. The predicted molar refractivity (Wildman–Crippen MR) is 355 cm³/mol. The van der Waals surface area contributed by atoms with E-state index in [-0.39, 0.29) is 19.0 Å². The second-order valence-electron chi connectivity index (χ2n) is 20.8. The van der Waals surface area contributed by atoms with E-state index in [1.807, 2.05) is 121 Å². The molecule has 492 valence electrons. The Morgan fingerprint density at radius 3 is 0.839 bits per heavy atom. The molecule has 21 heteroatoms. The molecule has 8 bridgehead atoms. The molecule has 4 aromatic carbocycles. The van der Waals surface area contributed by atoms with Crippen molar-refractivity contribution in [3.8, 4) is 67.5 Å². The van der Waals surface area contributed by atoms with Crippen molar-refractivity contribution < 1.29 is 80.6 Å². The molecule has 0 aliphatic carbocycles. The Morgan fingerprint density at radius 1 is 0.333 bits per heavy atom. The first-order valence-electron chi connectivity index (χ1n) is 31.2. The molecule has 0 unspecified atom stereocenters. The van der Waals surface area contributed by atoms with Crippen LogP contribution in [0.3, 0.4) is 0 Å². The van der Waals surface area contributed by atoms with Crippen LogP contribution in [0.2, 0.25) is 0 Å². The van der Waals surface area contributed by atoms with Gasteiger partial charge in [0.25, 0.3) is 6.10 Å². The van der Waals surface area contributed by atoms with Gasteiger partial charge in [0.15, 0.2) is 0 Å². The molecule has 0 fully saturated rings. The molecule has 0 saturated heterocycles. The number of methoxy groups -OCH3 is 3. The van der Waals surface area contributed by atoms with Gasteiger partial charge < -0.3 is 81.0 Å². The van der Waals surface area contributed by atoms with E-state index in [0.29, 0.717) is 153 Å². The quantitative estimate of drug-likeness (QED) is 0.0207. The molecule has 93 heavy (non-hydrogen) atoms. The Hall–Kier alpha value is -8.74. The van der Waals surface area contributed by atoms with E-state index < -0.39 is 18.0 Å². The van der Waals surface area contributed by atoms with Crippen LogP contribution in [0.25, 0.3) is 90.9 Å². The number of nitrogens with zero attached hydrogens (tertiary/aromatic N) is 2. The molecule has 5 heterocycles. The molecule has 0 spiro atoms.